The van der Waals surface area contributed by atoms with E-state index in [9.17, 15) is 4.79 Å². The first-order valence-electron chi connectivity index (χ1n) is 6.18. The number of hydrogen-bond acceptors (Lipinski definition) is 3. The van der Waals surface area contributed by atoms with Gasteiger partial charge in [0.2, 0.25) is 0 Å². The highest BCUT2D eigenvalue weighted by molar-refractivity contribution is 5.67. The summed E-state index contributed by atoms with van der Waals surface area (Å²) in [6.45, 7) is 4.71. The number of carbonyl (C=O) groups is 1. The van der Waals surface area contributed by atoms with Crippen LogP contribution in [-0.4, -0.2) is 44.4 Å². The molecule has 4 heteroatoms. The lowest BCUT2D eigenvalue weighted by molar-refractivity contribution is 0.0723. The van der Waals surface area contributed by atoms with Crippen molar-refractivity contribution in [3.8, 4) is 0 Å². The summed E-state index contributed by atoms with van der Waals surface area (Å²) in [6.07, 6.45) is 4.47. The molecule has 1 aliphatic heterocycles. The third-order valence-corrected chi connectivity index (χ3v) is 3.20. The molecule has 0 aromatic carbocycles. The van der Waals surface area contributed by atoms with Gasteiger partial charge in [-0.3, -0.25) is 0 Å². The predicted octanol–water partition coefficient (Wildman–Crippen LogP) is 2.28. The highest BCUT2D eigenvalue weighted by Gasteiger charge is 2.20. The Balaban J connectivity index is 2.27. The average Bonchev–Trinajstić information content (AvgIpc) is 2.54. The monoisotopic (exact) mass is 229 g/mol. The maximum atomic E-state index is 11.7. The fourth-order valence-electron chi connectivity index (χ4n) is 2.06. The van der Waals surface area contributed by atoms with Crippen LogP contribution in [0.2, 0.25) is 0 Å². The van der Waals surface area contributed by atoms with Crippen LogP contribution in [0.1, 0.15) is 32.6 Å². The summed E-state index contributed by atoms with van der Waals surface area (Å²) in [7, 11) is 1.60. The zero-order valence-corrected chi connectivity index (χ0v) is 10.4. The van der Waals surface area contributed by atoms with Crippen molar-refractivity contribution in [1.29, 1.82) is 0 Å². The highest BCUT2D eigenvalue weighted by Crippen LogP contribution is 2.20. The van der Waals surface area contributed by atoms with E-state index in [1.54, 1.807) is 7.11 Å². The molecule has 0 spiro atoms. The van der Waals surface area contributed by atoms with Crippen LogP contribution in [0.25, 0.3) is 0 Å². The normalized spacial score (nSPS) is 21.6. The van der Waals surface area contributed by atoms with E-state index in [-0.39, 0.29) is 6.09 Å². The van der Waals surface area contributed by atoms with Gasteiger partial charge in [-0.2, -0.15) is 0 Å². The van der Waals surface area contributed by atoms with Crippen molar-refractivity contribution in [3.05, 3.63) is 0 Å². The van der Waals surface area contributed by atoms with Gasteiger partial charge in [-0.05, 0) is 25.2 Å². The molecule has 1 aliphatic rings. The Morgan fingerprint density at radius 2 is 2.12 bits per heavy atom. The first kappa shape index (κ1) is 13.3. The van der Waals surface area contributed by atoms with E-state index in [4.69, 9.17) is 9.47 Å². The van der Waals surface area contributed by atoms with Crippen molar-refractivity contribution < 1.29 is 14.3 Å². The molecule has 0 aromatic rings. The maximum absolute atomic E-state index is 11.7. The van der Waals surface area contributed by atoms with Gasteiger partial charge in [-0.15, -0.1) is 0 Å². The number of amides is 1. The van der Waals surface area contributed by atoms with E-state index >= 15 is 0 Å². The number of likely N-dealkylation sites (tertiary alicyclic amines) is 1. The van der Waals surface area contributed by atoms with Crippen molar-refractivity contribution in [1.82, 2.24) is 4.90 Å². The molecule has 1 amide bonds. The van der Waals surface area contributed by atoms with Crippen molar-refractivity contribution in [2.45, 2.75) is 32.6 Å². The predicted molar refractivity (Wildman–Crippen MR) is 62.4 cm³/mol. The SMILES string of the molecule is CCC1CCCN(C(=O)OCCOC)CC1. The summed E-state index contributed by atoms with van der Waals surface area (Å²) >= 11 is 0. The molecular weight excluding hydrogens is 206 g/mol. The molecule has 1 heterocycles. The van der Waals surface area contributed by atoms with Crippen LogP contribution in [0.15, 0.2) is 0 Å². The quantitative estimate of drug-likeness (QED) is 0.694. The molecule has 1 unspecified atom stereocenters. The summed E-state index contributed by atoms with van der Waals surface area (Å²) in [5.41, 5.74) is 0. The zero-order chi connectivity index (χ0) is 11.8. The number of nitrogens with zero attached hydrogens (tertiary/aromatic N) is 1. The molecule has 1 rings (SSSR count). The van der Waals surface area contributed by atoms with Gasteiger partial charge in [-0.25, -0.2) is 4.79 Å². The van der Waals surface area contributed by atoms with Crippen LogP contribution >= 0.6 is 0 Å². The second-order valence-electron chi connectivity index (χ2n) is 4.30. The Labute approximate surface area is 97.9 Å². The van der Waals surface area contributed by atoms with Crippen LogP contribution in [0.3, 0.4) is 0 Å². The van der Waals surface area contributed by atoms with Gasteiger partial charge in [-0.1, -0.05) is 13.3 Å². The summed E-state index contributed by atoms with van der Waals surface area (Å²) in [6, 6.07) is 0. The molecular formula is C12H23NO3. The van der Waals surface area contributed by atoms with E-state index in [1.165, 1.54) is 12.8 Å². The largest absolute Gasteiger partial charge is 0.447 e. The second-order valence-corrected chi connectivity index (χ2v) is 4.30. The van der Waals surface area contributed by atoms with Gasteiger partial charge in [0.05, 0.1) is 6.61 Å². The molecule has 0 saturated carbocycles. The highest BCUT2D eigenvalue weighted by atomic mass is 16.6. The first-order valence-corrected chi connectivity index (χ1v) is 6.18. The van der Waals surface area contributed by atoms with Crippen molar-refractivity contribution in [2.75, 3.05) is 33.4 Å². The van der Waals surface area contributed by atoms with Gasteiger partial charge >= 0.3 is 6.09 Å². The average molecular weight is 229 g/mol. The van der Waals surface area contributed by atoms with Crippen molar-refractivity contribution in [3.63, 3.8) is 0 Å². The van der Waals surface area contributed by atoms with E-state index < -0.39 is 0 Å². The lowest BCUT2D eigenvalue weighted by Crippen LogP contribution is -2.33. The lowest BCUT2D eigenvalue weighted by atomic mass is 9.98. The molecule has 0 N–H and O–H groups in total. The van der Waals surface area contributed by atoms with E-state index in [0.29, 0.717) is 13.2 Å². The molecule has 1 atom stereocenters. The standard InChI is InChI=1S/C12H23NO3/c1-3-11-5-4-7-13(8-6-11)12(14)16-10-9-15-2/h11H,3-10H2,1-2H3. The van der Waals surface area contributed by atoms with E-state index in [0.717, 1.165) is 31.8 Å². The van der Waals surface area contributed by atoms with Gasteiger partial charge in [0.15, 0.2) is 0 Å². The van der Waals surface area contributed by atoms with Crippen molar-refractivity contribution in [2.24, 2.45) is 5.92 Å². The topological polar surface area (TPSA) is 38.8 Å². The fraction of sp³-hybridized carbons (Fsp3) is 0.917. The Morgan fingerprint density at radius 3 is 2.81 bits per heavy atom. The molecule has 1 saturated heterocycles. The van der Waals surface area contributed by atoms with Gasteiger partial charge in [0.25, 0.3) is 0 Å². The van der Waals surface area contributed by atoms with Crippen LogP contribution < -0.4 is 0 Å². The second kappa shape index (κ2) is 7.49. The van der Waals surface area contributed by atoms with E-state index in [1.807, 2.05) is 4.90 Å². The lowest BCUT2D eigenvalue weighted by Gasteiger charge is -2.19. The summed E-state index contributed by atoms with van der Waals surface area (Å²) < 4.78 is 9.95. The van der Waals surface area contributed by atoms with Crippen LogP contribution in [0.5, 0.6) is 0 Å². The molecule has 94 valence electrons. The third-order valence-electron chi connectivity index (χ3n) is 3.20. The molecule has 0 bridgehead atoms. The Hall–Kier alpha value is -0.770. The molecule has 0 aromatic heterocycles. The number of hydrogen-bond donors (Lipinski definition) is 0. The minimum Gasteiger partial charge on any atom is -0.447 e. The number of methoxy groups -OCH3 is 1. The fourth-order valence-corrected chi connectivity index (χ4v) is 2.06. The smallest absolute Gasteiger partial charge is 0.409 e. The van der Waals surface area contributed by atoms with Gasteiger partial charge in [0, 0.05) is 20.2 Å². The Morgan fingerprint density at radius 1 is 1.31 bits per heavy atom. The Kier molecular flexibility index (Phi) is 6.23. The number of rotatable bonds is 4. The van der Waals surface area contributed by atoms with Gasteiger partial charge < -0.3 is 14.4 Å². The summed E-state index contributed by atoms with van der Waals surface area (Å²) in [4.78, 5) is 13.5. The Bertz CT molecular complexity index is 208. The van der Waals surface area contributed by atoms with Gasteiger partial charge in [0.1, 0.15) is 6.61 Å². The van der Waals surface area contributed by atoms with E-state index in [2.05, 4.69) is 6.92 Å². The number of carbonyl (C=O) groups excluding carboxylic acids is 1. The molecule has 1 fully saturated rings. The van der Waals surface area contributed by atoms with Crippen LogP contribution in [0.4, 0.5) is 4.79 Å². The third kappa shape index (κ3) is 4.39. The molecule has 16 heavy (non-hydrogen) atoms. The number of ether oxygens (including phenoxy) is 2. The van der Waals surface area contributed by atoms with Crippen LogP contribution in [0, 0.1) is 5.92 Å². The maximum Gasteiger partial charge on any atom is 0.409 e. The minimum absolute atomic E-state index is 0.186. The van der Waals surface area contributed by atoms with Crippen LogP contribution in [-0.2, 0) is 9.47 Å². The molecule has 4 nitrogen and oxygen atoms in total. The zero-order valence-electron chi connectivity index (χ0n) is 10.4. The minimum atomic E-state index is -0.186. The molecule has 0 aliphatic carbocycles. The summed E-state index contributed by atoms with van der Waals surface area (Å²) in [5.74, 6) is 0.775. The summed E-state index contributed by atoms with van der Waals surface area (Å²) in [5, 5.41) is 0. The molecule has 0 radical (unpaired) electrons. The first-order chi connectivity index (χ1) is 7.77. The van der Waals surface area contributed by atoms with Crippen molar-refractivity contribution >= 4 is 6.09 Å².